The number of rotatable bonds is 3. The molecule has 0 atom stereocenters. The van der Waals surface area contributed by atoms with Crippen LogP contribution in [0.3, 0.4) is 0 Å². The predicted molar refractivity (Wildman–Crippen MR) is 92.5 cm³/mol. The highest BCUT2D eigenvalue weighted by Gasteiger charge is 2.10. The smallest absolute Gasteiger partial charge is 0.324 e. The maximum absolute atomic E-state index is 12.0. The molecule has 1 aromatic heterocycles. The van der Waals surface area contributed by atoms with Gasteiger partial charge in [0.2, 0.25) is 0 Å². The molecule has 0 saturated carbocycles. The summed E-state index contributed by atoms with van der Waals surface area (Å²) in [6, 6.07) is 10.4. The topological polar surface area (TPSA) is 92.4 Å². The van der Waals surface area contributed by atoms with Crippen LogP contribution in [0.1, 0.15) is 12.0 Å². The summed E-state index contributed by atoms with van der Waals surface area (Å²) in [5, 5.41) is 5.91. The fourth-order valence-corrected chi connectivity index (χ4v) is 2.26. The Bertz CT molecular complexity index is 798. The van der Waals surface area contributed by atoms with Gasteiger partial charge in [0.1, 0.15) is 11.7 Å². The van der Waals surface area contributed by atoms with E-state index >= 15 is 0 Å². The lowest BCUT2D eigenvalue weighted by Gasteiger charge is -2.09. The van der Waals surface area contributed by atoms with E-state index in [2.05, 4.69) is 20.6 Å². The van der Waals surface area contributed by atoms with Crippen molar-refractivity contribution >= 4 is 40.5 Å². The summed E-state index contributed by atoms with van der Waals surface area (Å²) in [6.07, 6.45) is 3.82. The number of aromatic nitrogens is 1. The van der Waals surface area contributed by atoms with Crippen LogP contribution in [0.2, 0.25) is 5.02 Å². The van der Waals surface area contributed by atoms with Crippen LogP contribution < -0.4 is 16.4 Å². The minimum absolute atomic E-state index is 0.381. The molecule has 1 aliphatic rings. The third-order valence-corrected chi connectivity index (χ3v) is 3.44. The second kappa shape index (κ2) is 6.50. The van der Waals surface area contributed by atoms with Crippen molar-refractivity contribution in [2.24, 2.45) is 10.7 Å². The van der Waals surface area contributed by atoms with Crippen LogP contribution in [0.5, 0.6) is 0 Å². The first-order valence-electron chi connectivity index (χ1n) is 6.91. The monoisotopic (exact) mass is 327 g/mol. The summed E-state index contributed by atoms with van der Waals surface area (Å²) < 4.78 is 0. The minimum atomic E-state index is -0.381. The quantitative estimate of drug-likeness (QED) is 0.805. The summed E-state index contributed by atoms with van der Waals surface area (Å²) in [7, 11) is 0. The zero-order valence-corrected chi connectivity index (χ0v) is 12.8. The fourth-order valence-electron chi connectivity index (χ4n) is 2.15. The van der Waals surface area contributed by atoms with Gasteiger partial charge in [-0.3, -0.25) is 5.32 Å². The van der Waals surface area contributed by atoms with Gasteiger partial charge in [0.25, 0.3) is 0 Å². The molecule has 4 N–H and O–H groups in total. The molecular weight excluding hydrogens is 314 g/mol. The van der Waals surface area contributed by atoms with Gasteiger partial charge in [0, 0.05) is 24.5 Å². The molecule has 0 fully saturated rings. The van der Waals surface area contributed by atoms with Gasteiger partial charge in [0.05, 0.1) is 5.02 Å². The van der Waals surface area contributed by atoms with E-state index in [1.54, 1.807) is 24.4 Å². The molecule has 2 aromatic rings. The van der Waals surface area contributed by atoms with Crippen molar-refractivity contribution in [3.63, 3.8) is 0 Å². The molecule has 0 aliphatic carbocycles. The molecule has 2 amide bonds. The van der Waals surface area contributed by atoms with Gasteiger partial charge >= 0.3 is 6.03 Å². The summed E-state index contributed by atoms with van der Waals surface area (Å²) in [5.41, 5.74) is 8.34. The van der Waals surface area contributed by atoms with Crippen LogP contribution in [0.4, 0.5) is 16.3 Å². The molecule has 116 valence electrons. The lowest BCUT2D eigenvalue weighted by atomic mass is 10.0. The van der Waals surface area contributed by atoms with Crippen molar-refractivity contribution in [1.82, 2.24) is 4.98 Å². The number of nitrogens with zero attached hydrogens (tertiary/aromatic N) is 2. The van der Waals surface area contributed by atoms with Crippen molar-refractivity contribution in [3.05, 3.63) is 59.4 Å². The second-order valence-electron chi connectivity index (χ2n) is 4.97. The lowest BCUT2D eigenvalue weighted by Crippen LogP contribution is -2.20. The SMILES string of the molecule is NC1=NC=C(c2cccc(NC(=O)Nc3ccc(Cl)cn3)c2)C1. The maximum Gasteiger partial charge on any atom is 0.324 e. The van der Waals surface area contributed by atoms with Crippen LogP contribution >= 0.6 is 11.6 Å². The third kappa shape index (κ3) is 3.87. The average molecular weight is 328 g/mol. The minimum Gasteiger partial charge on any atom is -0.387 e. The number of carbonyl (C=O) groups is 1. The van der Waals surface area contributed by atoms with Crippen molar-refractivity contribution in [2.45, 2.75) is 6.42 Å². The van der Waals surface area contributed by atoms with E-state index in [1.807, 2.05) is 18.2 Å². The molecule has 2 heterocycles. The Morgan fingerprint density at radius 2 is 2.09 bits per heavy atom. The number of aliphatic imine (C=N–C) groups is 1. The predicted octanol–water partition coefficient (Wildman–Crippen LogP) is 3.48. The zero-order chi connectivity index (χ0) is 16.2. The molecule has 3 rings (SSSR count). The number of amides is 2. The highest BCUT2D eigenvalue weighted by molar-refractivity contribution is 6.30. The largest absolute Gasteiger partial charge is 0.387 e. The van der Waals surface area contributed by atoms with Crippen molar-refractivity contribution in [3.8, 4) is 0 Å². The van der Waals surface area contributed by atoms with Gasteiger partial charge in [-0.1, -0.05) is 23.7 Å². The van der Waals surface area contributed by atoms with Gasteiger partial charge in [-0.2, -0.15) is 0 Å². The Labute approximate surface area is 138 Å². The van der Waals surface area contributed by atoms with E-state index in [0.29, 0.717) is 28.8 Å². The third-order valence-electron chi connectivity index (χ3n) is 3.22. The van der Waals surface area contributed by atoms with Crippen molar-refractivity contribution in [1.29, 1.82) is 0 Å². The lowest BCUT2D eigenvalue weighted by molar-refractivity contribution is 0.262. The number of amidine groups is 1. The first-order valence-corrected chi connectivity index (χ1v) is 7.29. The summed E-state index contributed by atoms with van der Waals surface area (Å²) >= 11 is 5.75. The fraction of sp³-hybridized carbons (Fsp3) is 0.0625. The van der Waals surface area contributed by atoms with Crippen LogP contribution in [0, 0.1) is 0 Å². The van der Waals surface area contributed by atoms with E-state index in [9.17, 15) is 4.79 Å². The van der Waals surface area contributed by atoms with Gasteiger partial charge in [-0.25, -0.2) is 14.8 Å². The van der Waals surface area contributed by atoms with Crippen molar-refractivity contribution < 1.29 is 4.79 Å². The van der Waals surface area contributed by atoms with E-state index in [4.69, 9.17) is 17.3 Å². The molecule has 0 saturated heterocycles. The number of carbonyl (C=O) groups excluding carboxylic acids is 1. The average Bonchev–Trinajstić information content (AvgIpc) is 2.96. The number of anilines is 2. The van der Waals surface area contributed by atoms with Crippen LogP contribution in [-0.2, 0) is 0 Å². The molecule has 6 nitrogen and oxygen atoms in total. The first kappa shape index (κ1) is 15.1. The number of nitrogens with two attached hydrogens (primary N) is 1. The molecular formula is C16H14ClN5O. The van der Waals surface area contributed by atoms with Gasteiger partial charge in [-0.05, 0) is 35.4 Å². The molecule has 1 aromatic carbocycles. The van der Waals surface area contributed by atoms with Gasteiger partial charge in [0.15, 0.2) is 0 Å². The highest BCUT2D eigenvalue weighted by Crippen LogP contribution is 2.24. The molecule has 0 radical (unpaired) electrons. The van der Waals surface area contributed by atoms with Crippen LogP contribution in [0.15, 0.2) is 53.8 Å². The van der Waals surface area contributed by atoms with Crippen molar-refractivity contribution in [2.75, 3.05) is 10.6 Å². The van der Waals surface area contributed by atoms with Crippen LogP contribution in [-0.4, -0.2) is 16.9 Å². The normalized spacial score (nSPS) is 13.3. The number of urea groups is 1. The molecule has 7 heteroatoms. The Morgan fingerprint density at radius 1 is 1.22 bits per heavy atom. The first-order chi connectivity index (χ1) is 11.1. The highest BCUT2D eigenvalue weighted by atomic mass is 35.5. The summed E-state index contributed by atoms with van der Waals surface area (Å²) in [5.74, 6) is 1.01. The number of hydrogen-bond acceptors (Lipinski definition) is 4. The number of hydrogen-bond donors (Lipinski definition) is 3. The van der Waals surface area contributed by atoms with E-state index in [-0.39, 0.29) is 6.03 Å². The molecule has 0 unspecified atom stereocenters. The standard InChI is InChI=1S/C16H14ClN5O/c17-12-4-5-15(20-9-12)22-16(23)21-13-3-1-2-10(6-13)11-7-14(18)19-8-11/h1-6,8-9H,7H2,(H2,18,19)(H2,20,21,22,23). The van der Waals surface area contributed by atoms with E-state index < -0.39 is 0 Å². The maximum atomic E-state index is 12.0. The van der Waals surface area contributed by atoms with Gasteiger partial charge < -0.3 is 11.1 Å². The Morgan fingerprint density at radius 3 is 2.78 bits per heavy atom. The van der Waals surface area contributed by atoms with Crippen LogP contribution in [0.25, 0.3) is 5.57 Å². The Hall–Kier alpha value is -2.86. The number of halogens is 1. The Balaban J connectivity index is 1.66. The molecule has 1 aliphatic heterocycles. The number of nitrogens with one attached hydrogen (secondary N) is 2. The summed E-state index contributed by atoms with van der Waals surface area (Å²) in [6.45, 7) is 0. The Kier molecular flexibility index (Phi) is 4.25. The molecule has 23 heavy (non-hydrogen) atoms. The van der Waals surface area contributed by atoms with E-state index in [1.165, 1.54) is 6.20 Å². The molecule has 0 spiro atoms. The second-order valence-corrected chi connectivity index (χ2v) is 5.41. The molecule has 0 bridgehead atoms. The zero-order valence-electron chi connectivity index (χ0n) is 12.1. The van der Waals surface area contributed by atoms with Gasteiger partial charge in [-0.15, -0.1) is 0 Å². The summed E-state index contributed by atoms with van der Waals surface area (Å²) in [4.78, 5) is 20.1. The number of pyridine rings is 1. The number of benzene rings is 1. The van der Waals surface area contributed by atoms with E-state index in [0.717, 1.165) is 11.1 Å².